The van der Waals surface area contributed by atoms with E-state index in [-0.39, 0.29) is 17.5 Å². The summed E-state index contributed by atoms with van der Waals surface area (Å²) < 4.78 is 3.22. The molecule has 2 heterocycles. The van der Waals surface area contributed by atoms with E-state index in [9.17, 15) is 9.59 Å². The van der Waals surface area contributed by atoms with Gasteiger partial charge < -0.3 is 5.32 Å². The van der Waals surface area contributed by atoms with Crippen LogP contribution in [0.25, 0.3) is 16.6 Å². The second kappa shape index (κ2) is 9.40. The van der Waals surface area contributed by atoms with Crippen molar-refractivity contribution in [1.29, 1.82) is 0 Å². The predicted octanol–water partition coefficient (Wildman–Crippen LogP) is 4.17. The third-order valence-electron chi connectivity index (χ3n) is 5.92. The molecule has 0 radical (unpaired) electrons. The lowest BCUT2D eigenvalue weighted by atomic mass is 10.1. The van der Waals surface area contributed by atoms with Crippen molar-refractivity contribution >= 4 is 16.8 Å². The number of hydrogen-bond donors (Lipinski definition) is 1. The molecule has 1 atom stereocenters. The summed E-state index contributed by atoms with van der Waals surface area (Å²) in [5.74, 6) is -0.0447. The SMILES string of the molecule is Cc1ccc(-n2nc3c(=O)n(CCCC(=O)N[C@H](C)c4ccccc4)nc(C)c3c2C)cc1. The van der Waals surface area contributed by atoms with Crippen molar-refractivity contribution in [3.8, 4) is 5.69 Å². The van der Waals surface area contributed by atoms with Crippen LogP contribution < -0.4 is 10.9 Å². The number of hydrogen-bond acceptors (Lipinski definition) is 4. The lowest BCUT2D eigenvalue weighted by Crippen LogP contribution is -2.28. The Morgan fingerprint density at radius 1 is 1.00 bits per heavy atom. The van der Waals surface area contributed by atoms with E-state index in [2.05, 4.69) is 15.5 Å². The largest absolute Gasteiger partial charge is 0.350 e. The molecule has 0 aliphatic heterocycles. The van der Waals surface area contributed by atoms with E-state index in [4.69, 9.17) is 0 Å². The normalized spacial score (nSPS) is 12.1. The molecule has 2 aromatic carbocycles. The average Bonchev–Trinajstić information content (AvgIpc) is 3.16. The van der Waals surface area contributed by atoms with Crippen LogP contribution in [0.2, 0.25) is 0 Å². The van der Waals surface area contributed by atoms with Gasteiger partial charge in [-0.15, -0.1) is 0 Å². The number of aryl methyl sites for hydroxylation is 4. The van der Waals surface area contributed by atoms with Crippen molar-refractivity contribution in [2.75, 3.05) is 0 Å². The minimum absolute atomic E-state index is 0.0447. The topological polar surface area (TPSA) is 81.8 Å². The molecule has 4 rings (SSSR count). The van der Waals surface area contributed by atoms with Gasteiger partial charge in [-0.1, -0.05) is 48.0 Å². The maximum absolute atomic E-state index is 13.1. The molecular weight excluding hydrogens is 414 g/mol. The van der Waals surface area contributed by atoms with Crippen molar-refractivity contribution in [3.05, 3.63) is 87.5 Å². The summed E-state index contributed by atoms with van der Waals surface area (Å²) >= 11 is 0. The van der Waals surface area contributed by atoms with E-state index in [0.717, 1.165) is 33.6 Å². The Kier molecular flexibility index (Phi) is 6.40. The van der Waals surface area contributed by atoms with Gasteiger partial charge >= 0.3 is 0 Å². The highest BCUT2D eigenvalue weighted by Gasteiger charge is 2.17. The smallest absolute Gasteiger partial charge is 0.295 e. The van der Waals surface area contributed by atoms with Crippen LogP contribution in [0.1, 0.15) is 48.3 Å². The minimum atomic E-state index is -0.234. The molecule has 7 nitrogen and oxygen atoms in total. The molecule has 0 fully saturated rings. The van der Waals surface area contributed by atoms with E-state index in [1.54, 1.807) is 4.68 Å². The number of benzene rings is 2. The summed E-state index contributed by atoms with van der Waals surface area (Å²) in [5, 5.41) is 12.9. The Balaban J connectivity index is 1.48. The van der Waals surface area contributed by atoms with Crippen LogP contribution in [0.15, 0.2) is 59.4 Å². The monoisotopic (exact) mass is 443 g/mol. The third kappa shape index (κ3) is 4.72. The number of rotatable bonds is 7. The van der Waals surface area contributed by atoms with Gasteiger partial charge in [-0.05, 0) is 51.8 Å². The molecule has 33 heavy (non-hydrogen) atoms. The molecular formula is C26H29N5O2. The highest BCUT2D eigenvalue weighted by molar-refractivity contribution is 5.83. The first kappa shape index (κ1) is 22.5. The summed E-state index contributed by atoms with van der Waals surface area (Å²) in [7, 11) is 0. The molecule has 0 saturated carbocycles. The molecule has 1 N–H and O–H groups in total. The summed E-state index contributed by atoms with van der Waals surface area (Å²) in [6.07, 6.45) is 0.835. The van der Waals surface area contributed by atoms with Crippen LogP contribution in [-0.2, 0) is 11.3 Å². The number of nitrogens with zero attached hydrogens (tertiary/aromatic N) is 4. The summed E-state index contributed by atoms with van der Waals surface area (Å²) in [6, 6.07) is 17.8. The lowest BCUT2D eigenvalue weighted by Gasteiger charge is -2.14. The molecule has 2 aromatic heterocycles. The number of nitrogens with one attached hydrogen (secondary N) is 1. The van der Waals surface area contributed by atoms with Gasteiger partial charge in [0.05, 0.1) is 28.5 Å². The lowest BCUT2D eigenvalue weighted by molar-refractivity contribution is -0.121. The summed E-state index contributed by atoms with van der Waals surface area (Å²) in [4.78, 5) is 25.5. The Bertz CT molecular complexity index is 1340. The maximum Gasteiger partial charge on any atom is 0.295 e. The first-order chi connectivity index (χ1) is 15.8. The van der Waals surface area contributed by atoms with Gasteiger partial charge in [-0.25, -0.2) is 9.36 Å². The Hall–Kier alpha value is -3.74. The van der Waals surface area contributed by atoms with Gasteiger partial charge in [0.15, 0.2) is 5.52 Å². The quantitative estimate of drug-likeness (QED) is 0.465. The van der Waals surface area contributed by atoms with Crippen LogP contribution in [0.4, 0.5) is 0 Å². The second-order valence-corrected chi connectivity index (χ2v) is 8.47. The van der Waals surface area contributed by atoms with Gasteiger partial charge in [-0.3, -0.25) is 9.59 Å². The van der Waals surface area contributed by atoms with Gasteiger partial charge in [-0.2, -0.15) is 10.2 Å². The highest BCUT2D eigenvalue weighted by Crippen LogP contribution is 2.21. The zero-order valence-corrected chi connectivity index (χ0v) is 19.5. The van der Waals surface area contributed by atoms with Crippen LogP contribution in [0.3, 0.4) is 0 Å². The van der Waals surface area contributed by atoms with Crippen molar-refractivity contribution in [3.63, 3.8) is 0 Å². The van der Waals surface area contributed by atoms with Crippen molar-refractivity contribution in [1.82, 2.24) is 24.9 Å². The highest BCUT2D eigenvalue weighted by atomic mass is 16.1. The fourth-order valence-corrected chi connectivity index (χ4v) is 4.10. The zero-order valence-electron chi connectivity index (χ0n) is 19.5. The number of amides is 1. The van der Waals surface area contributed by atoms with Gasteiger partial charge in [0.25, 0.3) is 5.56 Å². The molecule has 4 aromatic rings. The fourth-order valence-electron chi connectivity index (χ4n) is 4.10. The second-order valence-electron chi connectivity index (χ2n) is 8.47. The van der Waals surface area contributed by atoms with Gasteiger partial charge in [0.2, 0.25) is 5.91 Å². The number of fused-ring (bicyclic) bond motifs is 1. The minimum Gasteiger partial charge on any atom is -0.350 e. The maximum atomic E-state index is 13.1. The fraction of sp³-hybridized carbons (Fsp3) is 0.308. The zero-order chi connectivity index (χ0) is 23.5. The van der Waals surface area contributed by atoms with Crippen molar-refractivity contribution in [2.45, 2.75) is 53.1 Å². The van der Waals surface area contributed by atoms with E-state index in [0.29, 0.717) is 24.9 Å². The van der Waals surface area contributed by atoms with Crippen LogP contribution >= 0.6 is 0 Å². The van der Waals surface area contributed by atoms with Crippen LogP contribution in [0, 0.1) is 20.8 Å². The molecule has 0 saturated heterocycles. The van der Waals surface area contributed by atoms with Crippen molar-refractivity contribution < 1.29 is 4.79 Å². The summed E-state index contributed by atoms with van der Waals surface area (Å²) in [6.45, 7) is 8.20. The molecule has 170 valence electrons. The molecule has 0 bridgehead atoms. The van der Waals surface area contributed by atoms with E-state index in [1.807, 2.05) is 82.3 Å². The van der Waals surface area contributed by atoms with Crippen LogP contribution in [-0.4, -0.2) is 25.5 Å². The average molecular weight is 444 g/mol. The molecule has 0 aliphatic carbocycles. The standard InChI is InChI=1S/C26H29N5O2/c1-17-12-14-22(15-13-17)31-20(4)24-19(3)28-30(26(33)25(24)29-31)16-8-11-23(32)27-18(2)21-9-6-5-7-10-21/h5-7,9-10,12-15,18H,8,11,16H2,1-4H3,(H,27,32)/t18-/m1/s1. The van der Waals surface area contributed by atoms with Gasteiger partial charge in [0.1, 0.15) is 0 Å². The molecule has 0 aliphatic rings. The number of carbonyl (C=O) groups excluding carboxylic acids is 1. The van der Waals surface area contributed by atoms with E-state index in [1.165, 1.54) is 4.68 Å². The number of carbonyl (C=O) groups is 1. The first-order valence-corrected chi connectivity index (χ1v) is 11.2. The molecule has 0 unspecified atom stereocenters. The Morgan fingerprint density at radius 2 is 1.70 bits per heavy atom. The first-order valence-electron chi connectivity index (χ1n) is 11.2. The predicted molar refractivity (Wildman–Crippen MR) is 130 cm³/mol. The summed E-state index contributed by atoms with van der Waals surface area (Å²) in [5.41, 5.74) is 4.94. The molecule has 0 spiro atoms. The molecule has 1 amide bonds. The molecule has 7 heteroatoms. The van der Waals surface area contributed by atoms with E-state index >= 15 is 0 Å². The van der Waals surface area contributed by atoms with Crippen LogP contribution in [0.5, 0.6) is 0 Å². The third-order valence-corrected chi connectivity index (χ3v) is 5.92. The van der Waals surface area contributed by atoms with Crippen molar-refractivity contribution in [2.24, 2.45) is 0 Å². The van der Waals surface area contributed by atoms with Gasteiger partial charge in [0, 0.05) is 13.0 Å². The number of aromatic nitrogens is 4. The Morgan fingerprint density at radius 3 is 2.39 bits per heavy atom. The Labute approximate surface area is 193 Å². The van der Waals surface area contributed by atoms with E-state index < -0.39 is 0 Å².